The van der Waals surface area contributed by atoms with Gasteiger partial charge in [-0.15, -0.1) is 0 Å². The molecule has 2 heterocycles. The summed E-state index contributed by atoms with van der Waals surface area (Å²) in [6, 6.07) is 4.77. The highest BCUT2D eigenvalue weighted by Crippen LogP contribution is 2.30. The molecule has 1 aromatic heterocycles. The molecule has 0 saturated heterocycles. The van der Waals surface area contributed by atoms with Gasteiger partial charge in [-0.3, -0.25) is 4.79 Å². The van der Waals surface area contributed by atoms with Crippen LogP contribution in [0.4, 0.5) is 4.39 Å². The molecule has 0 saturated carbocycles. The zero-order chi connectivity index (χ0) is 12.2. The first-order chi connectivity index (χ1) is 8.08. The van der Waals surface area contributed by atoms with Crippen molar-refractivity contribution in [1.82, 2.24) is 9.88 Å². The van der Waals surface area contributed by atoms with Gasteiger partial charge in [-0.25, -0.2) is 4.39 Å². The van der Waals surface area contributed by atoms with Crippen molar-refractivity contribution in [2.24, 2.45) is 0 Å². The van der Waals surface area contributed by atoms with Crippen LogP contribution in [-0.4, -0.2) is 17.0 Å². The zero-order valence-electron chi connectivity index (χ0n) is 9.13. The molecule has 2 aromatic rings. The molecule has 1 amide bonds. The second-order valence-corrected chi connectivity index (χ2v) is 4.69. The monoisotopic (exact) mass is 252 g/mol. The smallest absolute Gasteiger partial charge is 0.268 e. The molecular weight excluding hydrogens is 243 g/mol. The lowest BCUT2D eigenvalue weighted by Crippen LogP contribution is -2.37. The summed E-state index contributed by atoms with van der Waals surface area (Å²) in [7, 11) is 0. The Kier molecular flexibility index (Phi) is 2.16. The molecule has 1 aliphatic heterocycles. The van der Waals surface area contributed by atoms with E-state index in [1.54, 1.807) is 12.1 Å². The largest absolute Gasteiger partial charge is 0.349 e. The van der Waals surface area contributed by atoms with Crippen molar-refractivity contribution in [3.63, 3.8) is 0 Å². The van der Waals surface area contributed by atoms with Crippen LogP contribution in [0.15, 0.2) is 18.2 Å². The van der Waals surface area contributed by atoms with E-state index in [0.717, 1.165) is 5.52 Å². The molecule has 3 nitrogen and oxygen atoms in total. The van der Waals surface area contributed by atoms with Gasteiger partial charge in [0.25, 0.3) is 5.91 Å². The number of nitrogens with zero attached hydrogens (tertiary/aromatic N) is 1. The standard InChI is InChI=1S/C12H10ClFN2O/c1-6-5-15-12(17)11-3-7-2-9(14)8(13)4-10(7)16(6)11/h2-4,6H,5H2,1H3,(H,15,17)/t6-/m1/s1. The summed E-state index contributed by atoms with van der Waals surface area (Å²) in [5.74, 6) is -0.592. The van der Waals surface area contributed by atoms with Gasteiger partial charge in [0.2, 0.25) is 0 Å². The van der Waals surface area contributed by atoms with E-state index in [1.807, 2.05) is 11.5 Å². The van der Waals surface area contributed by atoms with Gasteiger partial charge in [-0.05, 0) is 25.1 Å². The molecule has 0 aliphatic carbocycles. The van der Waals surface area contributed by atoms with Crippen LogP contribution in [0.1, 0.15) is 23.5 Å². The molecule has 0 unspecified atom stereocenters. The Balaban J connectivity index is 2.38. The fourth-order valence-corrected chi connectivity index (χ4v) is 2.45. The number of benzene rings is 1. The Morgan fingerprint density at radius 3 is 3.00 bits per heavy atom. The maximum absolute atomic E-state index is 13.4. The fraction of sp³-hybridized carbons (Fsp3) is 0.250. The quantitative estimate of drug-likeness (QED) is 0.769. The summed E-state index contributed by atoms with van der Waals surface area (Å²) in [5.41, 5.74) is 1.36. The number of aromatic nitrogens is 1. The van der Waals surface area contributed by atoms with Gasteiger partial charge in [0.15, 0.2) is 0 Å². The number of hydrogen-bond acceptors (Lipinski definition) is 1. The van der Waals surface area contributed by atoms with Gasteiger partial charge in [-0.1, -0.05) is 11.6 Å². The first kappa shape index (κ1) is 10.6. The van der Waals surface area contributed by atoms with Crippen LogP contribution in [0, 0.1) is 5.82 Å². The van der Waals surface area contributed by atoms with Crippen molar-refractivity contribution in [2.75, 3.05) is 6.54 Å². The van der Waals surface area contributed by atoms with Gasteiger partial charge in [0.1, 0.15) is 11.5 Å². The van der Waals surface area contributed by atoms with E-state index >= 15 is 0 Å². The molecule has 1 atom stereocenters. The molecule has 17 heavy (non-hydrogen) atoms. The van der Waals surface area contributed by atoms with Crippen LogP contribution in [0.2, 0.25) is 5.02 Å². The second kappa shape index (κ2) is 3.47. The lowest BCUT2D eigenvalue weighted by molar-refractivity contribution is 0.0919. The van der Waals surface area contributed by atoms with E-state index in [-0.39, 0.29) is 17.0 Å². The molecule has 3 rings (SSSR count). The van der Waals surface area contributed by atoms with Crippen LogP contribution in [0.5, 0.6) is 0 Å². The number of carbonyl (C=O) groups excluding carboxylic acids is 1. The number of fused-ring (bicyclic) bond motifs is 3. The Hall–Kier alpha value is -1.55. The van der Waals surface area contributed by atoms with E-state index in [4.69, 9.17) is 11.6 Å². The summed E-state index contributed by atoms with van der Waals surface area (Å²) in [4.78, 5) is 11.7. The van der Waals surface area contributed by atoms with Gasteiger partial charge in [-0.2, -0.15) is 0 Å². The predicted octanol–water partition coefficient (Wildman–Crippen LogP) is 2.74. The predicted molar refractivity (Wildman–Crippen MR) is 64.0 cm³/mol. The Labute approximate surface area is 102 Å². The third kappa shape index (κ3) is 1.44. The van der Waals surface area contributed by atoms with Crippen molar-refractivity contribution in [1.29, 1.82) is 0 Å². The molecule has 1 aromatic carbocycles. The maximum atomic E-state index is 13.4. The van der Waals surface area contributed by atoms with Crippen LogP contribution in [-0.2, 0) is 0 Å². The summed E-state index contributed by atoms with van der Waals surface area (Å²) in [5, 5.41) is 3.57. The van der Waals surface area contributed by atoms with Gasteiger partial charge in [0, 0.05) is 18.0 Å². The topological polar surface area (TPSA) is 34.0 Å². The average Bonchev–Trinajstić information content (AvgIpc) is 2.64. The third-order valence-corrected chi connectivity index (χ3v) is 3.40. The number of hydrogen-bond donors (Lipinski definition) is 1. The Morgan fingerprint density at radius 1 is 1.47 bits per heavy atom. The summed E-state index contributed by atoms with van der Waals surface area (Å²) < 4.78 is 15.3. The van der Waals surface area contributed by atoms with Gasteiger partial charge < -0.3 is 9.88 Å². The van der Waals surface area contributed by atoms with E-state index in [2.05, 4.69) is 5.32 Å². The van der Waals surface area contributed by atoms with Crippen LogP contribution in [0.3, 0.4) is 0 Å². The van der Waals surface area contributed by atoms with Crippen molar-refractivity contribution < 1.29 is 9.18 Å². The highest BCUT2D eigenvalue weighted by Gasteiger charge is 2.24. The van der Waals surface area contributed by atoms with Gasteiger partial charge in [0.05, 0.1) is 10.5 Å². The third-order valence-electron chi connectivity index (χ3n) is 3.11. The van der Waals surface area contributed by atoms with E-state index in [1.165, 1.54) is 6.07 Å². The number of halogens is 2. The van der Waals surface area contributed by atoms with E-state index in [0.29, 0.717) is 17.6 Å². The lowest BCUT2D eigenvalue weighted by atomic mass is 10.2. The van der Waals surface area contributed by atoms with Crippen LogP contribution in [0.25, 0.3) is 10.9 Å². The van der Waals surface area contributed by atoms with Crippen molar-refractivity contribution in [2.45, 2.75) is 13.0 Å². The summed E-state index contributed by atoms with van der Waals surface area (Å²) >= 11 is 5.78. The van der Waals surface area contributed by atoms with Gasteiger partial charge >= 0.3 is 0 Å². The van der Waals surface area contributed by atoms with E-state index in [9.17, 15) is 9.18 Å². The first-order valence-corrected chi connectivity index (χ1v) is 5.74. The number of rotatable bonds is 0. The van der Waals surface area contributed by atoms with E-state index < -0.39 is 5.82 Å². The van der Waals surface area contributed by atoms with Crippen molar-refractivity contribution in [3.05, 3.63) is 34.7 Å². The highest BCUT2D eigenvalue weighted by atomic mass is 35.5. The summed E-state index contributed by atoms with van der Waals surface area (Å²) in [6.07, 6.45) is 0. The minimum Gasteiger partial charge on any atom is -0.349 e. The second-order valence-electron chi connectivity index (χ2n) is 4.28. The van der Waals surface area contributed by atoms with Crippen molar-refractivity contribution >= 4 is 28.4 Å². The van der Waals surface area contributed by atoms with Crippen LogP contribution < -0.4 is 5.32 Å². The molecule has 1 N–H and O–H groups in total. The molecule has 5 heteroatoms. The molecule has 1 aliphatic rings. The molecule has 0 fully saturated rings. The zero-order valence-corrected chi connectivity index (χ0v) is 9.88. The van der Waals surface area contributed by atoms with Crippen molar-refractivity contribution in [3.8, 4) is 0 Å². The normalized spacial score (nSPS) is 19.2. The molecule has 0 bridgehead atoms. The number of amides is 1. The molecular formula is C12H10ClFN2O. The number of carbonyl (C=O) groups is 1. The fourth-order valence-electron chi connectivity index (χ4n) is 2.29. The first-order valence-electron chi connectivity index (χ1n) is 5.36. The highest BCUT2D eigenvalue weighted by molar-refractivity contribution is 6.31. The lowest BCUT2D eigenvalue weighted by Gasteiger charge is -2.24. The summed E-state index contributed by atoms with van der Waals surface area (Å²) in [6.45, 7) is 2.57. The molecule has 0 radical (unpaired) electrons. The molecule has 0 spiro atoms. The average molecular weight is 253 g/mol. The SMILES string of the molecule is C[C@@H]1CNC(=O)c2cc3cc(F)c(Cl)cc3n21. The maximum Gasteiger partial charge on any atom is 0.268 e. The van der Waals surface area contributed by atoms with Crippen LogP contribution >= 0.6 is 11.6 Å². The minimum atomic E-state index is -0.463. The number of nitrogens with one attached hydrogen (secondary N) is 1. The Bertz CT molecular complexity index is 635. The minimum absolute atomic E-state index is 0.0802. The molecule has 88 valence electrons. The Morgan fingerprint density at radius 2 is 2.24 bits per heavy atom.